The van der Waals surface area contributed by atoms with E-state index in [1.807, 2.05) is 19.1 Å². The number of phenols is 1. The van der Waals surface area contributed by atoms with Crippen molar-refractivity contribution in [3.63, 3.8) is 0 Å². The van der Waals surface area contributed by atoms with Gasteiger partial charge in [0.05, 0.1) is 5.71 Å². The molecule has 2 fully saturated rings. The molecule has 21 heavy (non-hydrogen) atoms. The van der Waals surface area contributed by atoms with E-state index in [9.17, 15) is 9.90 Å². The average Bonchev–Trinajstić information content (AvgIpc) is 3.24. The first-order valence-electron chi connectivity index (χ1n) is 7.86. The number of hydrazone groups is 1. The molecule has 4 heteroatoms. The molecule has 4 nitrogen and oxygen atoms in total. The van der Waals surface area contributed by atoms with Gasteiger partial charge in [0.1, 0.15) is 5.75 Å². The highest BCUT2D eigenvalue weighted by atomic mass is 16.3. The minimum atomic E-state index is 0.0802. The van der Waals surface area contributed by atoms with Crippen LogP contribution in [0.25, 0.3) is 0 Å². The van der Waals surface area contributed by atoms with Gasteiger partial charge in [-0.25, -0.2) is 5.43 Å². The van der Waals surface area contributed by atoms with E-state index in [0.717, 1.165) is 17.7 Å². The van der Waals surface area contributed by atoms with Crippen LogP contribution in [0.1, 0.15) is 44.6 Å². The van der Waals surface area contributed by atoms with Crippen molar-refractivity contribution in [2.24, 2.45) is 22.9 Å². The second-order valence-corrected chi connectivity index (χ2v) is 6.07. The fourth-order valence-corrected chi connectivity index (χ4v) is 3.58. The van der Waals surface area contributed by atoms with Crippen LogP contribution in [0.15, 0.2) is 29.4 Å². The molecule has 0 unspecified atom stereocenters. The summed E-state index contributed by atoms with van der Waals surface area (Å²) in [6, 6.07) is 6.91. The van der Waals surface area contributed by atoms with Gasteiger partial charge in [0, 0.05) is 5.92 Å². The monoisotopic (exact) mass is 286 g/mol. The van der Waals surface area contributed by atoms with Crippen LogP contribution < -0.4 is 5.43 Å². The van der Waals surface area contributed by atoms with E-state index in [2.05, 4.69) is 10.5 Å². The summed E-state index contributed by atoms with van der Waals surface area (Å²) in [6.07, 6.45) is 5.67. The lowest BCUT2D eigenvalue weighted by Crippen LogP contribution is -2.22. The molecule has 112 valence electrons. The Hall–Kier alpha value is -1.84. The number of nitrogens with one attached hydrogen (secondary N) is 1. The Morgan fingerprint density at radius 1 is 1.24 bits per heavy atom. The maximum Gasteiger partial charge on any atom is 0.243 e. The van der Waals surface area contributed by atoms with Gasteiger partial charge in [0.2, 0.25) is 5.91 Å². The van der Waals surface area contributed by atoms with E-state index in [-0.39, 0.29) is 17.6 Å². The predicted octanol–water partition coefficient (Wildman–Crippen LogP) is 3.06. The van der Waals surface area contributed by atoms with Crippen LogP contribution in [0.2, 0.25) is 0 Å². The van der Waals surface area contributed by atoms with Crippen LogP contribution in [0, 0.1) is 17.8 Å². The van der Waals surface area contributed by atoms with Gasteiger partial charge in [-0.05, 0) is 60.9 Å². The Morgan fingerprint density at radius 3 is 2.43 bits per heavy atom. The van der Waals surface area contributed by atoms with Crippen molar-refractivity contribution < 1.29 is 9.90 Å². The number of aromatic hydroxyl groups is 1. The second kappa shape index (κ2) is 5.88. The minimum Gasteiger partial charge on any atom is -0.508 e. The number of carbonyl (C=O) groups excluding carboxylic acids is 1. The number of phenolic OH excluding ortho intramolecular Hbond substituents is 1. The van der Waals surface area contributed by atoms with E-state index >= 15 is 0 Å². The van der Waals surface area contributed by atoms with E-state index in [4.69, 9.17) is 0 Å². The molecule has 1 aromatic carbocycles. The van der Waals surface area contributed by atoms with Gasteiger partial charge < -0.3 is 5.11 Å². The zero-order valence-corrected chi connectivity index (χ0v) is 12.4. The minimum absolute atomic E-state index is 0.0802. The van der Waals surface area contributed by atoms with Crippen molar-refractivity contribution in [3.8, 4) is 5.75 Å². The van der Waals surface area contributed by atoms with Gasteiger partial charge in [-0.3, -0.25) is 4.79 Å². The molecular formula is C17H22N2O2. The fraction of sp³-hybridized carbons (Fsp3) is 0.529. The van der Waals surface area contributed by atoms with Crippen molar-refractivity contribution in [1.82, 2.24) is 5.43 Å². The third kappa shape index (κ3) is 2.94. The van der Waals surface area contributed by atoms with Gasteiger partial charge in [-0.1, -0.05) is 19.8 Å². The van der Waals surface area contributed by atoms with Crippen LogP contribution in [-0.2, 0) is 4.79 Å². The number of rotatable bonds is 4. The van der Waals surface area contributed by atoms with E-state index in [1.54, 1.807) is 12.1 Å². The molecule has 2 aliphatic carbocycles. The Balaban J connectivity index is 1.63. The van der Waals surface area contributed by atoms with Gasteiger partial charge in [-0.2, -0.15) is 5.10 Å². The quantitative estimate of drug-likeness (QED) is 0.660. The number of amides is 1. The van der Waals surface area contributed by atoms with Crippen molar-refractivity contribution in [3.05, 3.63) is 29.8 Å². The standard InChI is InChI=1S/C17H22N2O2/c1-2-15(11-7-9-12(20)10-8-11)18-19-17(21)16-13-5-3-4-6-14(13)16/h7-10,13-14,16,20H,2-6H2,1H3,(H,19,21)/b18-15-/t13-,14-/m0/s1. The van der Waals surface area contributed by atoms with Crippen LogP contribution in [0.5, 0.6) is 5.75 Å². The van der Waals surface area contributed by atoms with Crippen molar-refractivity contribution >= 4 is 11.6 Å². The summed E-state index contributed by atoms with van der Waals surface area (Å²) in [5.41, 5.74) is 4.53. The molecule has 0 aromatic heterocycles. The molecule has 2 aliphatic rings. The lowest BCUT2D eigenvalue weighted by molar-refractivity contribution is -0.122. The van der Waals surface area contributed by atoms with E-state index in [0.29, 0.717) is 11.8 Å². The van der Waals surface area contributed by atoms with Crippen molar-refractivity contribution in [1.29, 1.82) is 0 Å². The number of hydrogen-bond donors (Lipinski definition) is 2. The number of benzene rings is 1. The zero-order valence-electron chi connectivity index (χ0n) is 12.4. The highest BCUT2D eigenvalue weighted by Gasteiger charge is 2.54. The Labute approximate surface area is 125 Å². The summed E-state index contributed by atoms with van der Waals surface area (Å²) < 4.78 is 0. The molecule has 0 spiro atoms. The molecule has 2 atom stereocenters. The normalized spacial score (nSPS) is 27.9. The molecule has 0 saturated heterocycles. The van der Waals surface area contributed by atoms with Crippen molar-refractivity contribution in [2.45, 2.75) is 39.0 Å². The number of fused-ring (bicyclic) bond motifs is 1. The van der Waals surface area contributed by atoms with Gasteiger partial charge in [0.15, 0.2) is 0 Å². The lowest BCUT2D eigenvalue weighted by Gasteiger charge is -2.05. The molecule has 0 aliphatic heterocycles. The second-order valence-electron chi connectivity index (χ2n) is 6.07. The molecule has 3 rings (SSSR count). The molecule has 0 heterocycles. The first kappa shape index (κ1) is 14.1. The van der Waals surface area contributed by atoms with Crippen LogP contribution >= 0.6 is 0 Å². The van der Waals surface area contributed by atoms with E-state index in [1.165, 1.54) is 25.7 Å². The molecule has 2 saturated carbocycles. The fourth-order valence-electron chi connectivity index (χ4n) is 3.58. The van der Waals surface area contributed by atoms with Crippen molar-refractivity contribution in [2.75, 3.05) is 0 Å². The number of nitrogens with zero attached hydrogens (tertiary/aromatic N) is 1. The van der Waals surface area contributed by atoms with Crippen LogP contribution in [-0.4, -0.2) is 16.7 Å². The molecule has 0 radical (unpaired) electrons. The summed E-state index contributed by atoms with van der Waals surface area (Å²) in [7, 11) is 0. The number of hydrogen-bond acceptors (Lipinski definition) is 3. The maximum absolute atomic E-state index is 12.2. The van der Waals surface area contributed by atoms with Gasteiger partial charge in [-0.15, -0.1) is 0 Å². The largest absolute Gasteiger partial charge is 0.508 e. The number of carbonyl (C=O) groups is 1. The molecule has 2 N–H and O–H groups in total. The van der Waals surface area contributed by atoms with Crippen LogP contribution in [0.3, 0.4) is 0 Å². The third-order valence-corrected chi connectivity index (χ3v) is 4.80. The zero-order chi connectivity index (χ0) is 14.8. The molecule has 1 amide bonds. The maximum atomic E-state index is 12.2. The highest BCUT2D eigenvalue weighted by Crippen LogP contribution is 2.55. The lowest BCUT2D eigenvalue weighted by atomic mass is 10.0. The highest BCUT2D eigenvalue weighted by molar-refractivity contribution is 6.01. The summed E-state index contributed by atoms with van der Waals surface area (Å²) in [4.78, 5) is 12.2. The molecule has 1 aromatic rings. The predicted molar refractivity (Wildman–Crippen MR) is 82.0 cm³/mol. The SMILES string of the molecule is CC/C(=N/NC(=O)C1[C@H]2CCCC[C@H]12)c1ccc(O)cc1. The summed E-state index contributed by atoms with van der Waals surface area (Å²) in [5, 5.41) is 13.6. The first-order chi connectivity index (χ1) is 10.2. The Morgan fingerprint density at radius 2 is 1.86 bits per heavy atom. The summed E-state index contributed by atoms with van der Waals surface area (Å²) in [6.45, 7) is 2.01. The van der Waals surface area contributed by atoms with Crippen LogP contribution in [0.4, 0.5) is 0 Å². The molecule has 0 bridgehead atoms. The smallest absolute Gasteiger partial charge is 0.243 e. The van der Waals surface area contributed by atoms with E-state index < -0.39 is 0 Å². The topological polar surface area (TPSA) is 61.7 Å². The summed E-state index contributed by atoms with van der Waals surface area (Å²) >= 11 is 0. The third-order valence-electron chi connectivity index (χ3n) is 4.80. The summed E-state index contributed by atoms with van der Waals surface area (Å²) in [5.74, 6) is 1.71. The Bertz CT molecular complexity index is 538. The first-order valence-corrected chi connectivity index (χ1v) is 7.86. The van der Waals surface area contributed by atoms with Gasteiger partial charge >= 0.3 is 0 Å². The Kier molecular flexibility index (Phi) is 3.95. The molecular weight excluding hydrogens is 264 g/mol. The average molecular weight is 286 g/mol. The van der Waals surface area contributed by atoms with Gasteiger partial charge in [0.25, 0.3) is 0 Å².